The van der Waals surface area contributed by atoms with Gasteiger partial charge in [-0.1, -0.05) is 5.10 Å². The third-order valence-electron chi connectivity index (χ3n) is 0.706. The SMILES string of the molecule is CC(=O)On1nnc(C)n1. The molecular weight excluding hydrogens is 136 g/mol. The van der Waals surface area contributed by atoms with E-state index in [0.717, 1.165) is 4.96 Å². The summed E-state index contributed by atoms with van der Waals surface area (Å²) < 4.78 is 0. The molecule has 6 heteroatoms. The van der Waals surface area contributed by atoms with E-state index >= 15 is 0 Å². The van der Waals surface area contributed by atoms with Crippen LogP contribution in [0.15, 0.2) is 0 Å². The summed E-state index contributed by atoms with van der Waals surface area (Å²) in [7, 11) is 0. The third-order valence-corrected chi connectivity index (χ3v) is 0.706. The molecule has 1 rings (SSSR count). The number of carbonyl (C=O) groups excluding carboxylic acids is 1. The van der Waals surface area contributed by atoms with Crippen molar-refractivity contribution in [1.82, 2.24) is 20.4 Å². The molecule has 1 aromatic rings. The molecule has 0 amide bonds. The van der Waals surface area contributed by atoms with Crippen molar-refractivity contribution in [3.05, 3.63) is 5.82 Å². The van der Waals surface area contributed by atoms with Gasteiger partial charge in [0.15, 0.2) is 5.82 Å². The van der Waals surface area contributed by atoms with Crippen molar-refractivity contribution in [2.75, 3.05) is 0 Å². The molecule has 0 radical (unpaired) electrons. The van der Waals surface area contributed by atoms with E-state index in [0.29, 0.717) is 5.82 Å². The van der Waals surface area contributed by atoms with Crippen LogP contribution in [0.3, 0.4) is 0 Å². The van der Waals surface area contributed by atoms with Gasteiger partial charge in [0.1, 0.15) is 0 Å². The van der Waals surface area contributed by atoms with Gasteiger partial charge in [0.25, 0.3) is 0 Å². The Balaban J connectivity index is 2.67. The predicted molar refractivity (Wildman–Crippen MR) is 29.8 cm³/mol. The second-order valence-electron chi connectivity index (χ2n) is 1.67. The maximum Gasteiger partial charge on any atom is 0.333 e. The average molecular weight is 142 g/mol. The fourth-order valence-corrected chi connectivity index (χ4v) is 0.420. The first-order chi connectivity index (χ1) is 4.68. The highest BCUT2D eigenvalue weighted by Gasteiger charge is 1.98. The Kier molecular flexibility index (Phi) is 1.61. The monoisotopic (exact) mass is 142 g/mol. The molecule has 0 aliphatic rings. The van der Waals surface area contributed by atoms with Gasteiger partial charge in [0.05, 0.1) is 0 Å². The lowest BCUT2D eigenvalue weighted by Gasteiger charge is -1.91. The van der Waals surface area contributed by atoms with Crippen LogP contribution in [0.4, 0.5) is 0 Å². The minimum absolute atomic E-state index is 0.459. The molecule has 10 heavy (non-hydrogen) atoms. The molecule has 0 fully saturated rings. The van der Waals surface area contributed by atoms with Crippen molar-refractivity contribution in [1.29, 1.82) is 0 Å². The molecule has 1 heterocycles. The van der Waals surface area contributed by atoms with Crippen LogP contribution in [-0.4, -0.2) is 26.3 Å². The molecule has 0 unspecified atom stereocenters. The second kappa shape index (κ2) is 2.42. The van der Waals surface area contributed by atoms with E-state index in [2.05, 4.69) is 20.2 Å². The molecule has 0 bridgehead atoms. The van der Waals surface area contributed by atoms with Crippen LogP contribution < -0.4 is 4.84 Å². The Morgan fingerprint density at radius 2 is 2.40 bits per heavy atom. The standard InChI is InChI=1S/C4H6N4O2/c1-3-5-7-8(6-3)10-4(2)9/h1-2H3. The molecule has 1 aromatic heterocycles. The summed E-state index contributed by atoms with van der Waals surface area (Å²) in [5.74, 6) is -0.0151. The zero-order chi connectivity index (χ0) is 7.56. The topological polar surface area (TPSA) is 69.9 Å². The molecule has 54 valence electrons. The summed E-state index contributed by atoms with van der Waals surface area (Å²) in [6.07, 6.45) is 0. The smallest absolute Gasteiger partial charge is 0.301 e. The number of nitrogens with zero attached hydrogens (tertiary/aromatic N) is 4. The molecule has 0 atom stereocenters. The van der Waals surface area contributed by atoms with Crippen molar-refractivity contribution in [2.24, 2.45) is 0 Å². The average Bonchev–Trinajstić information content (AvgIpc) is 2.13. The Morgan fingerprint density at radius 1 is 1.70 bits per heavy atom. The fourth-order valence-electron chi connectivity index (χ4n) is 0.420. The molecular formula is C4H6N4O2. The molecule has 0 saturated carbocycles. The van der Waals surface area contributed by atoms with Gasteiger partial charge < -0.3 is 4.84 Å². The van der Waals surface area contributed by atoms with Gasteiger partial charge in [0.2, 0.25) is 0 Å². The lowest BCUT2D eigenvalue weighted by atomic mass is 10.8. The highest BCUT2D eigenvalue weighted by Crippen LogP contribution is 1.77. The zero-order valence-corrected chi connectivity index (χ0v) is 5.61. The van der Waals surface area contributed by atoms with E-state index in [-0.39, 0.29) is 0 Å². The molecule has 0 N–H and O–H groups in total. The number of aromatic nitrogens is 4. The normalized spacial score (nSPS) is 9.40. The van der Waals surface area contributed by atoms with E-state index in [1.54, 1.807) is 6.92 Å². The Labute approximate surface area is 56.7 Å². The zero-order valence-electron chi connectivity index (χ0n) is 5.61. The number of hydrogen-bond donors (Lipinski definition) is 0. The van der Waals surface area contributed by atoms with Gasteiger partial charge >= 0.3 is 5.97 Å². The van der Waals surface area contributed by atoms with Crippen LogP contribution in [-0.2, 0) is 4.79 Å². The van der Waals surface area contributed by atoms with Gasteiger partial charge in [-0.05, 0) is 12.1 Å². The van der Waals surface area contributed by atoms with Gasteiger partial charge in [-0.2, -0.15) is 0 Å². The van der Waals surface area contributed by atoms with Crippen LogP contribution in [0.2, 0.25) is 0 Å². The molecule has 0 aliphatic heterocycles. The van der Waals surface area contributed by atoms with Gasteiger partial charge in [-0.15, -0.1) is 5.10 Å². The summed E-state index contributed by atoms with van der Waals surface area (Å²) in [5, 5.41) is 10.5. The van der Waals surface area contributed by atoms with E-state index in [1.807, 2.05) is 0 Å². The Bertz CT molecular complexity index is 243. The number of carbonyl (C=O) groups is 1. The molecule has 0 saturated heterocycles. The second-order valence-corrected chi connectivity index (χ2v) is 1.67. The van der Waals surface area contributed by atoms with Crippen molar-refractivity contribution in [3.8, 4) is 0 Å². The lowest BCUT2D eigenvalue weighted by Crippen LogP contribution is -2.19. The molecule has 6 nitrogen and oxygen atoms in total. The van der Waals surface area contributed by atoms with Gasteiger partial charge in [-0.3, -0.25) is 0 Å². The summed E-state index contributed by atoms with van der Waals surface area (Å²) in [6.45, 7) is 2.91. The highest BCUT2D eigenvalue weighted by atomic mass is 16.7. The maximum absolute atomic E-state index is 10.3. The van der Waals surface area contributed by atoms with E-state index < -0.39 is 5.97 Å². The quantitative estimate of drug-likeness (QED) is 0.468. The van der Waals surface area contributed by atoms with Crippen LogP contribution >= 0.6 is 0 Å². The highest BCUT2D eigenvalue weighted by molar-refractivity contribution is 5.65. The first-order valence-corrected chi connectivity index (χ1v) is 2.64. The van der Waals surface area contributed by atoms with E-state index in [1.165, 1.54) is 6.92 Å². The van der Waals surface area contributed by atoms with Crippen LogP contribution in [0.5, 0.6) is 0 Å². The van der Waals surface area contributed by atoms with E-state index in [9.17, 15) is 4.79 Å². The van der Waals surface area contributed by atoms with E-state index in [4.69, 9.17) is 0 Å². The summed E-state index contributed by atoms with van der Waals surface area (Å²) >= 11 is 0. The minimum atomic E-state index is -0.475. The minimum Gasteiger partial charge on any atom is -0.301 e. The molecule has 0 aliphatic carbocycles. The largest absolute Gasteiger partial charge is 0.333 e. The van der Waals surface area contributed by atoms with Crippen LogP contribution in [0, 0.1) is 6.92 Å². The summed E-state index contributed by atoms with van der Waals surface area (Å²) in [6, 6.07) is 0. The number of hydrogen-bond acceptors (Lipinski definition) is 5. The fraction of sp³-hybridized carbons (Fsp3) is 0.500. The van der Waals surface area contributed by atoms with Crippen molar-refractivity contribution in [2.45, 2.75) is 13.8 Å². The van der Waals surface area contributed by atoms with Crippen molar-refractivity contribution in [3.63, 3.8) is 0 Å². The third kappa shape index (κ3) is 1.51. The first kappa shape index (κ1) is 6.66. The van der Waals surface area contributed by atoms with Gasteiger partial charge in [0, 0.05) is 11.9 Å². The van der Waals surface area contributed by atoms with Gasteiger partial charge in [-0.25, -0.2) is 4.79 Å². The predicted octanol–water partition coefficient (Wildman–Crippen LogP) is -1.04. The van der Waals surface area contributed by atoms with Crippen molar-refractivity contribution >= 4 is 5.97 Å². The lowest BCUT2D eigenvalue weighted by molar-refractivity contribution is -0.145. The summed E-state index contributed by atoms with van der Waals surface area (Å²) in [5.41, 5.74) is 0. The van der Waals surface area contributed by atoms with Crippen LogP contribution in [0.1, 0.15) is 12.7 Å². The maximum atomic E-state index is 10.3. The first-order valence-electron chi connectivity index (χ1n) is 2.64. The van der Waals surface area contributed by atoms with Crippen LogP contribution in [0.25, 0.3) is 0 Å². The Morgan fingerprint density at radius 3 is 2.80 bits per heavy atom. The number of tetrazole rings is 1. The molecule has 0 aromatic carbocycles. The molecule has 0 spiro atoms. The number of rotatable bonds is 1. The summed E-state index contributed by atoms with van der Waals surface area (Å²) in [4.78, 5) is 15.5. The number of aryl methyl sites for hydroxylation is 1. The van der Waals surface area contributed by atoms with Crippen molar-refractivity contribution < 1.29 is 9.63 Å². The Hall–Kier alpha value is -1.46.